The molecule has 0 radical (unpaired) electrons. The normalized spacial score (nSPS) is 15.8. The van der Waals surface area contributed by atoms with Crippen molar-refractivity contribution >= 4 is 22.1 Å². The topological polar surface area (TPSA) is 133 Å². The number of aldehydes is 1. The van der Waals surface area contributed by atoms with Gasteiger partial charge in [0.1, 0.15) is 19.0 Å². The first-order valence-electron chi connectivity index (χ1n) is 8.39. The zero-order valence-corrected chi connectivity index (χ0v) is 15.4. The molecule has 10 heteroatoms. The Bertz CT molecular complexity index is 1000. The maximum Gasteiger partial charge on any atom is 0.294 e. The fourth-order valence-electron chi connectivity index (χ4n) is 2.97. The van der Waals surface area contributed by atoms with Gasteiger partial charge in [-0.15, -0.1) is 0 Å². The molecule has 28 heavy (non-hydrogen) atoms. The van der Waals surface area contributed by atoms with E-state index in [-0.39, 0.29) is 41.0 Å². The van der Waals surface area contributed by atoms with E-state index in [4.69, 9.17) is 14.0 Å². The molecule has 0 spiro atoms. The molecule has 1 aliphatic heterocycles. The molecule has 1 atom stereocenters. The number of carbonyl (C=O) groups is 1. The summed E-state index contributed by atoms with van der Waals surface area (Å²) in [5.41, 5.74) is 0.810. The number of nitro groups is 1. The van der Waals surface area contributed by atoms with Crippen LogP contribution in [0.3, 0.4) is 0 Å². The first-order chi connectivity index (χ1) is 13.3. The van der Waals surface area contributed by atoms with Gasteiger partial charge in [0, 0.05) is 12.5 Å². The summed E-state index contributed by atoms with van der Waals surface area (Å²) in [4.78, 5) is 21.4. The predicted molar refractivity (Wildman–Crippen MR) is 97.4 cm³/mol. The van der Waals surface area contributed by atoms with E-state index >= 15 is 0 Å². The van der Waals surface area contributed by atoms with Gasteiger partial charge in [0.25, 0.3) is 15.8 Å². The molecule has 0 saturated heterocycles. The van der Waals surface area contributed by atoms with Crippen LogP contribution in [0.1, 0.15) is 17.5 Å². The van der Waals surface area contributed by atoms with Gasteiger partial charge in [-0.05, 0) is 36.6 Å². The second kappa shape index (κ2) is 7.95. The van der Waals surface area contributed by atoms with Gasteiger partial charge in [-0.1, -0.05) is 12.1 Å². The SMILES string of the molecule is O=CCc1c([N+](=O)[O-])ccc2c1O[C@H](CCc1ccc(S(=O)(=O)O)cc1)CO2. The van der Waals surface area contributed by atoms with Crippen molar-refractivity contribution in [3.8, 4) is 11.5 Å². The zero-order chi connectivity index (χ0) is 20.3. The van der Waals surface area contributed by atoms with Crippen molar-refractivity contribution < 1.29 is 32.2 Å². The van der Waals surface area contributed by atoms with E-state index < -0.39 is 15.0 Å². The fourth-order valence-corrected chi connectivity index (χ4v) is 3.45. The highest BCUT2D eigenvalue weighted by atomic mass is 32.2. The van der Waals surface area contributed by atoms with E-state index in [1.165, 1.54) is 24.3 Å². The molecule has 9 nitrogen and oxygen atoms in total. The van der Waals surface area contributed by atoms with Crippen LogP contribution in [0.15, 0.2) is 41.3 Å². The van der Waals surface area contributed by atoms with Crippen LogP contribution in [0.4, 0.5) is 5.69 Å². The van der Waals surface area contributed by atoms with Crippen LogP contribution in [0.25, 0.3) is 0 Å². The van der Waals surface area contributed by atoms with Gasteiger partial charge in [0.2, 0.25) is 0 Å². The molecule has 0 bridgehead atoms. The second-order valence-corrected chi connectivity index (χ2v) is 7.65. The molecule has 2 aromatic carbocycles. The zero-order valence-electron chi connectivity index (χ0n) is 14.6. The van der Waals surface area contributed by atoms with E-state index in [1.807, 2.05) is 0 Å². The van der Waals surface area contributed by atoms with E-state index in [1.54, 1.807) is 12.1 Å². The van der Waals surface area contributed by atoms with Crippen LogP contribution >= 0.6 is 0 Å². The minimum absolute atomic E-state index is 0.160. The lowest BCUT2D eigenvalue weighted by Crippen LogP contribution is -2.30. The Morgan fingerprint density at radius 3 is 2.54 bits per heavy atom. The standard InChI is InChI=1S/C18H17NO8S/c20-10-9-15-16(19(21)22)7-8-17-18(15)27-13(11-26-17)4-1-12-2-5-14(6-3-12)28(23,24)25/h2-3,5-8,10,13H,1,4,9,11H2,(H,23,24,25)/t13-/m1/s1. The maximum absolute atomic E-state index is 11.2. The summed E-state index contributed by atoms with van der Waals surface area (Å²) in [6, 6.07) is 8.53. The molecule has 0 saturated carbocycles. The Labute approximate surface area is 160 Å². The number of nitro benzene ring substituents is 1. The second-order valence-electron chi connectivity index (χ2n) is 6.23. The summed E-state index contributed by atoms with van der Waals surface area (Å²) in [6.07, 6.45) is 1.07. The molecular formula is C18H17NO8S. The van der Waals surface area contributed by atoms with Crippen molar-refractivity contribution in [3.63, 3.8) is 0 Å². The summed E-state index contributed by atoms with van der Waals surface area (Å²) in [5, 5.41) is 11.2. The van der Waals surface area contributed by atoms with Crippen molar-refractivity contribution in [2.45, 2.75) is 30.3 Å². The lowest BCUT2D eigenvalue weighted by Gasteiger charge is -2.28. The largest absolute Gasteiger partial charge is 0.486 e. The molecule has 0 aliphatic carbocycles. The molecule has 3 rings (SSSR count). The average Bonchev–Trinajstić information content (AvgIpc) is 2.66. The molecule has 0 fully saturated rings. The van der Waals surface area contributed by atoms with Gasteiger partial charge in [-0.25, -0.2) is 0 Å². The van der Waals surface area contributed by atoms with E-state index in [0.717, 1.165) is 5.56 Å². The van der Waals surface area contributed by atoms with Gasteiger partial charge in [-0.3, -0.25) is 14.7 Å². The number of ether oxygens (including phenoxy) is 2. The highest BCUT2D eigenvalue weighted by Gasteiger charge is 2.28. The third kappa shape index (κ3) is 4.29. The van der Waals surface area contributed by atoms with Crippen molar-refractivity contribution in [1.82, 2.24) is 0 Å². The predicted octanol–water partition coefficient (Wildman–Crippen LogP) is 2.36. The van der Waals surface area contributed by atoms with E-state index in [0.29, 0.717) is 24.9 Å². The Hall–Kier alpha value is -2.98. The summed E-state index contributed by atoms with van der Waals surface area (Å²) in [6.45, 7) is 0.244. The Morgan fingerprint density at radius 2 is 1.93 bits per heavy atom. The summed E-state index contributed by atoms with van der Waals surface area (Å²) >= 11 is 0. The van der Waals surface area contributed by atoms with E-state index in [9.17, 15) is 23.3 Å². The fraction of sp³-hybridized carbons (Fsp3) is 0.278. The minimum atomic E-state index is -4.24. The van der Waals surface area contributed by atoms with Crippen molar-refractivity contribution in [2.75, 3.05) is 6.61 Å². The quantitative estimate of drug-likeness (QED) is 0.320. The van der Waals surface area contributed by atoms with Gasteiger partial charge in [-0.2, -0.15) is 8.42 Å². The highest BCUT2D eigenvalue weighted by molar-refractivity contribution is 7.85. The van der Waals surface area contributed by atoms with Crippen molar-refractivity contribution in [3.05, 3.63) is 57.6 Å². The first-order valence-corrected chi connectivity index (χ1v) is 9.83. The average molecular weight is 407 g/mol. The highest BCUT2D eigenvalue weighted by Crippen LogP contribution is 2.40. The molecule has 0 unspecified atom stereocenters. The lowest BCUT2D eigenvalue weighted by atomic mass is 10.0. The van der Waals surface area contributed by atoms with Gasteiger partial charge in [0.05, 0.1) is 15.4 Å². The number of hydrogen-bond donors (Lipinski definition) is 1. The first kappa shape index (κ1) is 19.8. The maximum atomic E-state index is 11.2. The Balaban J connectivity index is 1.73. The monoisotopic (exact) mass is 407 g/mol. The lowest BCUT2D eigenvalue weighted by molar-refractivity contribution is -0.385. The van der Waals surface area contributed by atoms with Gasteiger partial charge >= 0.3 is 0 Å². The molecule has 148 valence electrons. The number of carbonyl (C=O) groups excluding carboxylic acids is 1. The summed E-state index contributed by atoms with van der Waals surface area (Å²) in [5.74, 6) is 0.565. The number of fused-ring (bicyclic) bond motifs is 1. The Morgan fingerprint density at radius 1 is 1.21 bits per heavy atom. The number of hydrogen-bond acceptors (Lipinski definition) is 7. The number of benzene rings is 2. The molecule has 0 amide bonds. The molecular weight excluding hydrogens is 390 g/mol. The minimum Gasteiger partial charge on any atom is -0.486 e. The van der Waals surface area contributed by atoms with Crippen LogP contribution in [0, 0.1) is 10.1 Å². The van der Waals surface area contributed by atoms with Crippen molar-refractivity contribution in [2.24, 2.45) is 0 Å². The molecule has 1 heterocycles. The van der Waals surface area contributed by atoms with E-state index in [2.05, 4.69) is 0 Å². The summed E-state index contributed by atoms with van der Waals surface area (Å²) < 4.78 is 42.7. The van der Waals surface area contributed by atoms with Crippen molar-refractivity contribution in [1.29, 1.82) is 0 Å². The van der Waals surface area contributed by atoms with Crippen LogP contribution in [0.2, 0.25) is 0 Å². The number of aryl methyl sites for hydroxylation is 1. The Kier molecular flexibility index (Phi) is 5.61. The summed E-state index contributed by atoms with van der Waals surface area (Å²) in [7, 11) is -4.24. The number of rotatable bonds is 7. The third-order valence-corrected chi connectivity index (χ3v) is 5.24. The third-order valence-electron chi connectivity index (χ3n) is 4.37. The van der Waals surface area contributed by atoms with Gasteiger partial charge < -0.3 is 14.3 Å². The van der Waals surface area contributed by atoms with Crippen LogP contribution in [0.5, 0.6) is 11.5 Å². The smallest absolute Gasteiger partial charge is 0.294 e. The molecule has 0 aromatic heterocycles. The number of nitrogens with zero attached hydrogens (tertiary/aromatic N) is 1. The molecule has 1 aliphatic rings. The van der Waals surface area contributed by atoms with Crippen LogP contribution < -0.4 is 9.47 Å². The van der Waals surface area contributed by atoms with Gasteiger partial charge in [0.15, 0.2) is 11.5 Å². The van der Waals surface area contributed by atoms with Crippen LogP contribution in [-0.4, -0.2) is 36.9 Å². The molecule has 2 aromatic rings. The van der Waals surface area contributed by atoms with Crippen LogP contribution in [-0.2, 0) is 27.8 Å². The molecule has 1 N–H and O–H groups in total.